The molecule has 0 aliphatic carbocycles. The summed E-state index contributed by atoms with van der Waals surface area (Å²) in [6.45, 7) is 2.99. The van der Waals surface area contributed by atoms with Gasteiger partial charge in [-0.3, -0.25) is 9.59 Å². The number of carbonyl (C=O) groups is 2. The molecule has 0 radical (unpaired) electrons. The molecule has 0 aromatic carbocycles. The molecule has 2 rings (SSSR count). The summed E-state index contributed by atoms with van der Waals surface area (Å²) in [4.78, 5) is 25.7. The zero-order valence-electron chi connectivity index (χ0n) is 11.2. The van der Waals surface area contributed by atoms with Crippen molar-refractivity contribution in [3.63, 3.8) is 0 Å². The fourth-order valence-corrected chi connectivity index (χ4v) is 2.48. The van der Waals surface area contributed by atoms with Crippen LogP contribution in [-0.4, -0.2) is 29.3 Å². The van der Waals surface area contributed by atoms with Gasteiger partial charge in [-0.1, -0.05) is 6.92 Å². The Hall–Kier alpha value is -1.78. The molecule has 1 aromatic heterocycles. The molecule has 0 saturated carbocycles. The van der Waals surface area contributed by atoms with Crippen LogP contribution < -0.4 is 5.32 Å². The molecule has 0 bridgehead atoms. The number of hydrogen-bond acceptors (Lipinski definition) is 3. The van der Waals surface area contributed by atoms with E-state index in [1.165, 1.54) is 0 Å². The molecule has 1 aliphatic heterocycles. The number of nitrogens with zero attached hydrogens (tertiary/aromatic N) is 1. The van der Waals surface area contributed by atoms with Crippen molar-refractivity contribution in [1.29, 1.82) is 0 Å². The van der Waals surface area contributed by atoms with Gasteiger partial charge >= 0.3 is 11.8 Å². The van der Waals surface area contributed by atoms with Crippen LogP contribution in [0.25, 0.3) is 0 Å². The van der Waals surface area contributed by atoms with Gasteiger partial charge in [-0.2, -0.15) is 0 Å². The highest BCUT2D eigenvalue weighted by molar-refractivity contribution is 6.35. The van der Waals surface area contributed by atoms with Crippen LogP contribution in [-0.2, 0) is 16.1 Å². The molecule has 5 heteroatoms. The third-order valence-electron chi connectivity index (χ3n) is 3.56. The van der Waals surface area contributed by atoms with Gasteiger partial charge in [-0.25, -0.2) is 0 Å². The molecule has 19 heavy (non-hydrogen) atoms. The standard InChI is InChI=1S/C14H20N2O3/c1-2-11-6-3-4-8-16(11)14(18)13(17)15-10-12-7-5-9-19-12/h5,7,9,11H,2-4,6,8,10H2,1H3,(H,15,17). The number of nitrogens with one attached hydrogen (secondary N) is 1. The van der Waals surface area contributed by atoms with Crippen molar-refractivity contribution < 1.29 is 14.0 Å². The first-order valence-electron chi connectivity index (χ1n) is 6.83. The zero-order chi connectivity index (χ0) is 13.7. The molecule has 1 atom stereocenters. The molecule has 1 fully saturated rings. The molecule has 1 unspecified atom stereocenters. The number of likely N-dealkylation sites (tertiary alicyclic amines) is 1. The van der Waals surface area contributed by atoms with Gasteiger partial charge in [0.2, 0.25) is 0 Å². The minimum Gasteiger partial charge on any atom is -0.467 e. The Kier molecular flexibility index (Phi) is 4.60. The van der Waals surface area contributed by atoms with E-state index in [0.717, 1.165) is 25.7 Å². The third-order valence-corrected chi connectivity index (χ3v) is 3.56. The van der Waals surface area contributed by atoms with Gasteiger partial charge in [0.25, 0.3) is 0 Å². The minimum absolute atomic E-state index is 0.204. The van der Waals surface area contributed by atoms with Crippen LogP contribution in [0, 0.1) is 0 Å². The van der Waals surface area contributed by atoms with Gasteiger partial charge in [-0.05, 0) is 37.8 Å². The van der Waals surface area contributed by atoms with Crippen molar-refractivity contribution in [2.24, 2.45) is 0 Å². The van der Waals surface area contributed by atoms with E-state index in [1.807, 2.05) is 0 Å². The second-order valence-electron chi connectivity index (χ2n) is 4.82. The summed E-state index contributed by atoms with van der Waals surface area (Å²) in [5.74, 6) is -0.318. The topological polar surface area (TPSA) is 62.6 Å². The Bertz CT molecular complexity index is 428. The molecular formula is C14H20N2O3. The summed E-state index contributed by atoms with van der Waals surface area (Å²) in [6, 6.07) is 3.72. The number of hydrogen-bond donors (Lipinski definition) is 1. The normalized spacial score (nSPS) is 19.2. The van der Waals surface area contributed by atoms with Crippen LogP contribution in [0.2, 0.25) is 0 Å². The summed E-state index contributed by atoms with van der Waals surface area (Å²) in [5.41, 5.74) is 0. The number of amides is 2. The van der Waals surface area contributed by atoms with Crippen molar-refractivity contribution in [3.05, 3.63) is 24.2 Å². The number of furan rings is 1. The van der Waals surface area contributed by atoms with Gasteiger partial charge in [0.1, 0.15) is 5.76 Å². The Morgan fingerprint density at radius 1 is 1.47 bits per heavy atom. The Balaban J connectivity index is 1.88. The lowest BCUT2D eigenvalue weighted by molar-refractivity contribution is -0.148. The molecule has 1 aliphatic rings. The van der Waals surface area contributed by atoms with Gasteiger partial charge in [-0.15, -0.1) is 0 Å². The van der Waals surface area contributed by atoms with E-state index in [1.54, 1.807) is 23.3 Å². The fourth-order valence-electron chi connectivity index (χ4n) is 2.48. The molecule has 5 nitrogen and oxygen atoms in total. The van der Waals surface area contributed by atoms with Crippen LogP contribution in [0.4, 0.5) is 0 Å². The van der Waals surface area contributed by atoms with Crippen LogP contribution in [0.15, 0.2) is 22.8 Å². The minimum atomic E-state index is -0.545. The molecule has 1 aromatic rings. The Labute approximate surface area is 113 Å². The first-order valence-corrected chi connectivity index (χ1v) is 6.83. The van der Waals surface area contributed by atoms with Crippen LogP contribution in [0.5, 0.6) is 0 Å². The highest BCUT2D eigenvalue weighted by atomic mass is 16.3. The van der Waals surface area contributed by atoms with E-state index in [0.29, 0.717) is 12.3 Å². The lowest BCUT2D eigenvalue weighted by Crippen LogP contribution is -2.49. The number of piperidine rings is 1. The summed E-state index contributed by atoms with van der Waals surface area (Å²) < 4.78 is 5.11. The maximum atomic E-state index is 12.1. The van der Waals surface area contributed by atoms with Crippen molar-refractivity contribution in [2.75, 3.05) is 6.54 Å². The van der Waals surface area contributed by atoms with Crippen LogP contribution in [0.3, 0.4) is 0 Å². The number of rotatable bonds is 3. The molecule has 1 N–H and O–H groups in total. The predicted molar refractivity (Wildman–Crippen MR) is 70.2 cm³/mol. The van der Waals surface area contributed by atoms with Crippen molar-refractivity contribution in [2.45, 2.75) is 45.2 Å². The lowest BCUT2D eigenvalue weighted by atomic mass is 10.00. The van der Waals surface area contributed by atoms with E-state index in [4.69, 9.17) is 4.42 Å². The molecule has 104 valence electrons. The van der Waals surface area contributed by atoms with Gasteiger partial charge in [0.15, 0.2) is 0 Å². The van der Waals surface area contributed by atoms with Crippen LogP contribution in [0.1, 0.15) is 38.4 Å². The smallest absolute Gasteiger partial charge is 0.312 e. The van der Waals surface area contributed by atoms with Crippen molar-refractivity contribution in [1.82, 2.24) is 10.2 Å². The monoisotopic (exact) mass is 264 g/mol. The Morgan fingerprint density at radius 2 is 2.32 bits per heavy atom. The summed E-state index contributed by atoms with van der Waals surface area (Å²) >= 11 is 0. The first kappa shape index (κ1) is 13.6. The van der Waals surface area contributed by atoms with Gasteiger partial charge in [0, 0.05) is 12.6 Å². The predicted octanol–water partition coefficient (Wildman–Crippen LogP) is 1.69. The van der Waals surface area contributed by atoms with Gasteiger partial charge < -0.3 is 14.6 Å². The number of carbonyl (C=O) groups excluding carboxylic acids is 2. The lowest BCUT2D eigenvalue weighted by Gasteiger charge is -2.34. The zero-order valence-corrected chi connectivity index (χ0v) is 11.2. The van der Waals surface area contributed by atoms with Gasteiger partial charge in [0.05, 0.1) is 12.8 Å². The third kappa shape index (κ3) is 3.36. The highest BCUT2D eigenvalue weighted by Crippen LogP contribution is 2.19. The van der Waals surface area contributed by atoms with Crippen molar-refractivity contribution in [3.8, 4) is 0 Å². The van der Waals surface area contributed by atoms with Crippen molar-refractivity contribution >= 4 is 11.8 Å². The summed E-state index contributed by atoms with van der Waals surface area (Å²) in [6.07, 6.45) is 5.55. The van der Waals surface area contributed by atoms with E-state index < -0.39 is 11.8 Å². The maximum absolute atomic E-state index is 12.1. The average Bonchev–Trinajstić information content (AvgIpc) is 2.97. The molecule has 2 amide bonds. The van der Waals surface area contributed by atoms with E-state index in [-0.39, 0.29) is 12.6 Å². The molecule has 1 saturated heterocycles. The average molecular weight is 264 g/mol. The first-order chi connectivity index (χ1) is 9.22. The Morgan fingerprint density at radius 3 is 3.00 bits per heavy atom. The largest absolute Gasteiger partial charge is 0.467 e. The SMILES string of the molecule is CCC1CCCCN1C(=O)C(=O)NCc1ccco1. The van der Waals surface area contributed by atoms with E-state index >= 15 is 0 Å². The van der Waals surface area contributed by atoms with E-state index in [9.17, 15) is 9.59 Å². The molecule has 2 heterocycles. The summed E-state index contributed by atoms with van der Waals surface area (Å²) in [5, 5.41) is 2.60. The van der Waals surface area contributed by atoms with E-state index in [2.05, 4.69) is 12.2 Å². The van der Waals surface area contributed by atoms with Crippen LogP contribution >= 0.6 is 0 Å². The maximum Gasteiger partial charge on any atom is 0.312 e. The second kappa shape index (κ2) is 6.41. The summed E-state index contributed by atoms with van der Waals surface area (Å²) in [7, 11) is 0. The molecular weight excluding hydrogens is 244 g/mol. The quantitative estimate of drug-likeness (QED) is 0.845. The fraction of sp³-hybridized carbons (Fsp3) is 0.571. The second-order valence-corrected chi connectivity index (χ2v) is 4.82. The molecule has 0 spiro atoms. The highest BCUT2D eigenvalue weighted by Gasteiger charge is 2.29.